The molecule has 0 spiro atoms. The molecule has 0 amide bonds. The van der Waals surface area contributed by atoms with Gasteiger partial charge in [-0.1, -0.05) is 18.2 Å². The minimum Gasteiger partial charge on any atom is -0.373 e. The number of ether oxygens (including phenoxy) is 1. The fourth-order valence-corrected chi connectivity index (χ4v) is 4.91. The van der Waals surface area contributed by atoms with Gasteiger partial charge in [0.2, 0.25) is 0 Å². The number of hydrogen-bond acceptors (Lipinski definition) is 3. The largest absolute Gasteiger partial charge is 0.373 e. The Bertz CT molecular complexity index is 768. The van der Waals surface area contributed by atoms with Crippen molar-refractivity contribution < 1.29 is 17.9 Å². The molecule has 2 atom stereocenters. The Kier molecular flexibility index (Phi) is 6.25. The highest BCUT2D eigenvalue weighted by Gasteiger charge is 2.35. The SMILES string of the molecule is CSc1ccc(C2CC(C)(Sc3cccc(C(F)F)c3)CCO2)c(F)c1. The minimum absolute atomic E-state index is 0.0286. The third kappa shape index (κ3) is 4.59. The van der Waals surface area contributed by atoms with Crippen LogP contribution in [0.4, 0.5) is 13.2 Å². The number of benzene rings is 2. The number of halogens is 3. The van der Waals surface area contributed by atoms with Crippen molar-refractivity contribution in [3.63, 3.8) is 0 Å². The average Bonchev–Trinajstić information content (AvgIpc) is 2.61. The summed E-state index contributed by atoms with van der Waals surface area (Å²) in [6.45, 7) is 2.61. The van der Waals surface area contributed by atoms with Gasteiger partial charge in [-0.05, 0) is 50.3 Å². The Morgan fingerprint density at radius 3 is 2.65 bits per heavy atom. The quantitative estimate of drug-likeness (QED) is 0.508. The predicted octanol–water partition coefficient (Wildman–Crippen LogP) is 6.89. The van der Waals surface area contributed by atoms with E-state index in [9.17, 15) is 13.2 Å². The van der Waals surface area contributed by atoms with Gasteiger partial charge in [0.25, 0.3) is 6.43 Å². The summed E-state index contributed by atoms with van der Waals surface area (Å²) in [4.78, 5) is 1.69. The van der Waals surface area contributed by atoms with Crippen LogP contribution in [0.15, 0.2) is 52.3 Å². The molecule has 3 rings (SSSR count). The number of hydrogen-bond donors (Lipinski definition) is 0. The van der Waals surface area contributed by atoms with Gasteiger partial charge in [0, 0.05) is 32.3 Å². The van der Waals surface area contributed by atoms with E-state index >= 15 is 0 Å². The van der Waals surface area contributed by atoms with Crippen molar-refractivity contribution in [2.45, 2.75) is 46.8 Å². The molecular weight excluding hydrogens is 377 g/mol. The lowest BCUT2D eigenvalue weighted by atomic mass is 9.92. The van der Waals surface area contributed by atoms with E-state index in [4.69, 9.17) is 4.74 Å². The van der Waals surface area contributed by atoms with Gasteiger partial charge in [0.15, 0.2) is 0 Å². The summed E-state index contributed by atoms with van der Waals surface area (Å²) in [5.41, 5.74) is 0.594. The molecule has 1 aliphatic heterocycles. The van der Waals surface area contributed by atoms with Gasteiger partial charge < -0.3 is 4.74 Å². The molecule has 1 saturated heterocycles. The molecular formula is C20H21F3OS2. The Hall–Kier alpha value is -1.11. The molecule has 2 aromatic carbocycles. The van der Waals surface area contributed by atoms with Crippen LogP contribution in [-0.2, 0) is 4.74 Å². The summed E-state index contributed by atoms with van der Waals surface area (Å²) in [6.07, 6.45) is 0.529. The van der Waals surface area contributed by atoms with Gasteiger partial charge in [-0.25, -0.2) is 13.2 Å². The molecule has 1 fully saturated rings. The van der Waals surface area contributed by atoms with Gasteiger partial charge in [-0.15, -0.1) is 23.5 Å². The van der Waals surface area contributed by atoms with Crippen molar-refractivity contribution in [1.82, 2.24) is 0 Å². The van der Waals surface area contributed by atoms with E-state index in [1.165, 1.54) is 23.9 Å². The third-order valence-corrected chi connectivity index (χ3v) is 6.67. The standard InChI is InChI=1S/C20H21F3OS2/c1-20(26-15-5-3-4-13(10-15)19(22)23)8-9-24-18(12-20)16-7-6-14(25-2)11-17(16)21/h3-7,10-11,18-19H,8-9,12H2,1-2H3. The number of alkyl halides is 2. The average molecular weight is 399 g/mol. The monoisotopic (exact) mass is 398 g/mol. The van der Waals surface area contributed by atoms with E-state index in [1.807, 2.05) is 18.4 Å². The summed E-state index contributed by atoms with van der Waals surface area (Å²) in [5.74, 6) is -0.254. The van der Waals surface area contributed by atoms with Crippen LogP contribution >= 0.6 is 23.5 Å². The van der Waals surface area contributed by atoms with Gasteiger partial charge >= 0.3 is 0 Å². The molecule has 26 heavy (non-hydrogen) atoms. The molecule has 0 bridgehead atoms. The molecule has 2 aromatic rings. The molecule has 0 radical (unpaired) electrons. The first kappa shape index (κ1) is 19.6. The van der Waals surface area contributed by atoms with E-state index in [2.05, 4.69) is 6.92 Å². The zero-order valence-corrected chi connectivity index (χ0v) is 16.3. The van der Waals surface area contributed by atoms with E-state index in [1.54, 1.807) is 30.0 Å². The normalized spacial score (nSPS) is 23.4. The number of thioether (sulfide) groups is 2. The lowest BCUT2D eigenvalue weighted by Crippen LogP contribution is -2.32. The Morgan fingerprint density at radius 1 is 1.15 bits per heavy atom. The summed E-state index contributed by atoms with van der Waals surface area (Å²) < 4.78 is 46.0. The molecule has 1 nitrogen and oxygen atoms in total. The van der Waals surface area contributed by atoms with Crippen LogP contribution in [0.25, 0.3) is 0 Å². The van der Waals surface area contributed by atoms with E-state index in [-0.39, 0.29) is 22.2 Å². The van der Waals surface area contributed by atoms with Crippen LogP contribution in [0.5, 0.6) is 0 Å². The summed E-state index contributed by atoms with van der Waals surface area (Å²) in [6, 6.07) is 11.7. The second-order valence-electron chi connectivity index (χ2n) is 6.63. The van der Waals surface area contributed by atoms with Crippen LogP contribution < -0.4 is 0 Å². The zero-order valence-electron chi connectivity index (χ0n) is 14.7. The van der Waals surface area contributed by atoms with Gasteiger partial charge in [-0.2, -0.15) is 0 Å². The summed E-state index contributed by atoms with van der Waals surface area (Å²) in [7, 11) is 0. The Labute approximate surface area is 160 Å². The van der Waals surface area contributed by atoms with E-state index in [0.717, 1.165) is 16.2 Å². The molecule has 140 valence electrons. The van der Waals surface area contributed by atoms with Crippen molar-refractivity contribution in [3.05, 3.63) is 59.4 Å². The first-order chi connectivity index (χ1) is 12.4. The molecule has 0 aromatic heterocycles. The first-order valence-corrected chi connectivity index (χ1v) is 10.5. The molecule has 0 N–H and O–H groups in total. The van der Waals surface area contributed by atoms with E-state index < -0.39 is 6.43 Å². The second-order valence-corrected chi connectivity index (χ2v) is 9.17. The second kappa shape index (κ2) is 8.28. The maximum atomic E-state index is 14.5. The van der Waals surface area contributed by atoms with Gasteiger partial charge in [0.1, 0.15) is 5.82 Å². The summed E-state index contributed by atoms with van der Waals surface area (Å²) in [5, 5.41) is 0. The van der Waals surface area contributed by atoms with Gasteiger partial charge in [-0.3, -0.25) is 0 Å². The van der Waals surface area contributed by atoms with Gasteiger partial charge in [0.05, 0.1) is 6.10 Å². The van der Waals surface area contributed by atoms with Crippen LogP contribution in [0.3, 0.4) is 0 Å². The van der Waals surface area contributed by atoms with Crippen molar-refractivity contribution in [2.24, 2.45) is 0 Å². The van der Waals surface area contributed by atoms with Crippen LogP contribution in [0.2, 0.25) is 0 Å². The van der Waals surface area contributed by atoms with Crippen molar-refractivity contribution in [2.75, 3.05) is 12.9 Å². The first-order valence-electron chi connectivity index (χ1n) is 8.42. The lowest BCUT2D eigenvalue weighted by Gasteiger charge is -2.38. The van der Waals surface area contributed by atoms with Crippen LogP contribution in [0, 0.1) is 5.82 Å². The highest BCUT2D eigenvalue weighted by atomic mass is 32.2. The molecule has 1 heterocycles. The fourth-order valence-electron chi connectivity index (χ4n) is 3.16. The molecule has 2 unspecified atom stereocenters. The summed E-state index contributed by atoms with van der Waals surface area (Å²) >= 11 is 3.07. The predicted molar refractivity (Wildman–Crippen MR) is 102 cm³/mol. The maximum absolute atomic E-state index is 14.5. The molecule has 0 aliphatic carbocycles. The maximum Gasteiger partial charge on any atom is 0.263 e. The Morgan fingerprint density at radius 2 is 1.96 bits per heavy atom. The smallest absolute Gasteiger partial charge is 0.263 e. The van der Waals surface area contributed by atoms with Crippen molar-refractivity contribution in [1.29, 1.82) is 0 Å². The lowest BCUT2D eigenvalue weighted by molar-refractivity contribution is 0.000213. The van der Waals surface area contributed by atoms with E-state index in [0.29, 0.717) is 18.6 Å². The molecule has 6 heteroatoms. The van der Waals surface area contributed by atoms with Crippen LogP contribution in [0.1, 0.15) is 43.4 Å². The topological polar surface area (TPSA) is 9.23 Å². The highest BCUT2D eigenvalue weighted by molar-refractivity contribution is 8.00. The van der Waals surface area contributed by atoms with Crippen molar-refractivity contribution >= 4 is 23.5 Å². The van der Waals surface area contributed by atoms with Crippen LogP contribution in [-0.4, -0.2) is 17.6 Å². The fraction of sp³-hybridized carbons (Fsp3) is 0.400. The molecule has 0 saturated carbocycles. The molecule has 1 aliphatic rings. The zero-order chi connectivity index (χ0) is 18.7. The highest BCUT2D eigenvalue weighted by Crippen LogP contribution is 2.46. The number of rotatable bonds is 5. The third-order valence-electron chi connectivity index (χ3n) is 4.60. The minimum atomic E-state index is -2.48. The Balaban J connectivity index is 1.77. The van der Waals surface area contributed by atoms with Crippen molar-refractivity contribution in [3.8, 4) is 0 Å².